The fourth-order valence-electron chi connectivity index (χ4n) is 3.30. The number of ether oxygens (including phenoxy) is 1. The molecule has 2 N–H and O–H groups in total. The van der Waals surface area contributed by atoms with Gasteiger partial charge in [-0.25, -0.2) is 0 Å². The summed E-state index contributed by atoms with van der Waals surface area (Å²) in [4.78, 5) is 28.0. The van der Waals surface area contributed by atoms with Crippen molar-refractivity contribution < 1.29 is 14.3 Å². The Bertz CT molecular complexity index is 632. The number of primary amides is 1. The lowest BCUT2D eigenvalue weighted by atomic mass is 9.97. The Hall–Kier alpha value is -2.08. The van der Waals surface area contributed by atoms with Crippen molar-refractivity contribution in [3.05, 3.63) is 29.3 Å². The van der Waals surface area contributed by atoms with Gasteiger partial charge in [-0.15, -0.1) is 0 Å². The highest BCUT2D eigenvalue weighted by Gasteiger charge is 2.30. The highest BCUT2D eigenvalue weighted by molar-refractivity contribution is 5.83. The Morgan fingerprint density at radius 1 is 1.44 bits per heavy atom. The summed E-state index contributed by atoms with van der Waals surface area (Å²) in [5.41, 5.74) is 7.62. The molecule has 0 radical (unpaired) electrons. The van der Waals surface area contributed by atoms with E-state index in [-0.39, 0.29) is 23.8 Å². The van der Waals surface area contributed by atoms with Crippen LogP contribution < -0.4 is 10.5 Å². The average molecular weight is 347 g/mol. The number of hydrogen-bond acceptors (Lipinski definition) is 4. The van der Waals surface area contributed by atoms with Crippen LogP contribution in [0, 0.1) is 12.8 Å². The van der Waals surface area contributed by atoms with Gasteiger partial charge in [0.2, 0.25) is 11.8 Å². The monoisotopic (exact) mass is 347 g/mol. The number of likely N-dealkylation sites (tertiary alicyclic amines) is 1. The number of methoxy groups -OCH3 is 1. The zero-order valence-electron chi connectivity index (χ0n) is 15.6. The first-order chi connectivity index (χ1) is 11.8. The van der Waals surface area contributed by atoms with Crippen molar-refractivity contribution in [2.75, 3.05) is 27.2 Å². The van der Waals surface area contributed by atoms with Crippen molar-refractivity contribution in [1.29, 1.82) is 0 Å². The second-order valence-electron chi connectivity index (χ2n) is 6.93. The van der Waals surface area contributed by atoms with Crippen LogP contribution in [0.4, 0.5) is 0 Å². The molecule has 25 heavy (non-hydrogen) atoms. The van der Waals surface area contributed by atoms with Crippen molar-refractivity contribution in [2.24, 2.45) is 11.7 Å². The summed E-state index contributed by atoms with van der Waals surface area (Å²) in [5.74, 6) is 0.319. The topological polar surface area (TPSA) is 75.9 Å². The minimum absolute atomic E-state index is 0.0417. The number of piperidine rings is 1. The van der Waals surface area contributed by atoms with Crippen LogP contribution in [0.2, 0.25) is 0 Å². The van der Waals surface area contributed by atoms with E-state index in [1.165, 1.54) is 0 Å². The van der Waals surface area contributed by atoms with E-state index in [0.717, 1.165) is 29.7 Å². The maximum Gasteiger partial charge on any atom is 0.239 e. The molecule has 1 fully saturated rings. The maximum absolute atomic E-state index is 12.8. The molecule has 1 saturated heterocycles. The molecular weight excluding hydrogens is 318 g/mol. The second-order valence-corrected chi connectivity index (χ2v) is 6.93. The largest absolute Gasteiger partial charge is 0.496 e. The average Bonchev–Trinajstić information content (AvgIpc) is 2.60. The van der Waals surface area contributed by atoms with E-state index in [4.69, 9.17) is 10.5 Å². The number of nitrogens with two attached hydrogens (primary N) is 1. The van der Waals surface area contributed by atoms with Crippen LogP contribution in [0.5, 0.6) is 5.75 Å². The van der Waals surface area contributed by atoms with Crippen molar-refractivity contribution >= 4 is 11.8 Å². The SMILES string of the molecule is COc1ccc(C)cc1CN(C)[C@H](C)C(=O)N1CCC[C@H](C(N)=O)C1. The zero-order chi connectivity index (χ0) is 18.6. The predicted octanol–water partition coefficient (Wildman–Crippen LogP) is 1.55. The van der Waals surface area contributed by atoms with E-state index in [9.17, 15) is 9.59 Å². The third kappa shape index (κ3) is 4.72. The highest BCUT2D eigenvalue weighted by atomic mass is 16.5. The number of amides is 2. The normalized spacial score (nSPS) is 18.9. The van der Waals surface area contributed by atoms with Gasteiger partial charge in [0, 0.05) is 25.2 Å². The van der Waals surface area contributed by atoms with Crippen molar-refractivity contribution in [3.8, 4) is 5.75 Å². The third-order valence-corrected chi connectivity index (χ3v) is 5.01. The smallest absolute Gasteiger partial charge is 0.239 e. The lowest BCUT2D eigenvalue weighted by Crippen LogP contribution is -2.50. The first kappa shape index (κ1) is 19.2. The summed E-state index contributed by atoms with van der Waals surface area (Å²) in [6.07, 6.45) is 1.59. The standard InChI is InChI=1S/C19H29N3O3/c1-13-7-8-17(25-4)16(10-13)11-21(3)14(2)19(24)22-9-5-6-15(12-22)18(20)23/h7-8,10,14-15H,5-6,9,11-12H2,1-4H3,(H2,20,23)/t14-,15+/m1/s1. The van der Waals surface area contributed by atoms with E-state index in [1.54, 1.807) is 12.0 Å². The molecule has 1 heterocycles. The van der Waals surface area contributed by atoms with Crippen LogP contribution in [-0.2, 0) is 16.1 Å². The van der Waals surface area contributed by atoms with E-state index >= 15 is 0 Å². The number of benzene rings is 1. The molecule has 0 bridgehead atoms. The zero-order valence-corrected chi connectivity index (χ0v) is 15.6. The van der Waals surface area contributed by atoms with Crippen LogP contribution in [-0.4, -0.2) is 54.9 Å². The molecule has 2 amide bonds. The molecule has 2 atom stereocenters. The predicted molar refractivity (Wildman–Crippen MR) is 97.2 cm³/mol. The summed E-state index contributed by atoms with van der Waals surface area (Å²) >= 11 is 0. The van der Waals surface area contributed by atoms with Gasteiger partial charge in [0.25, 0.3) is 0 Å². The number of carbonyl (C=O) groups is 2. The second kappa shape index (κ2) is 8.34. The molecule has 1 aromatic rings. The molecule has 2 rings (SSSR count). The Balaban J connectivity index is 2.04. The third-order valence-electron chi connectivity index (χ3n) is 5.01. The van der Waals surface area contributed by atoms with E-state index in [2.05, 4.69) is 6.07 Å². The maximum atomic E-state index is 12.8. The number of aryl methyl sites for hydroxylation is 1. The first-order valence-electron chi connectivity index (χ1n) is 8.75. The van der Waals surface area contributed by atoms with Gasteiger partial charge in [-0.05, 0) is 39.8 Å². The van der Waals surface area contributed by atoms with Gasteiger partial charge in [0.15, 0.2) is 0 Å². The molecule has 1 aromatic carbocycles. The Kier molecular flexibility index (Phi) is 6.42. The van der Waals surface area contributed by atoms with Crippen LogP contribution in [0.15, 0.2) is 18.2 Å². The number of hydrogen-bond donors (Lipinski definition) is 1. The molecule has 0 saturated carbocycles. The fraction of sp³-hybridized carbons (Fsp3) is 0.579. The van der Waals surface area contributed by atoms with Gasteiger partial charge in [-0.2, -0.15) is 0 Å². The van der Waals surface area contributed by atoms with Crippen LogP contribution in [0.1, 0.15) is 30.9 Å². The lowest BCUT2D eigenvalue weighted by molar-refractivity contribution is -0.139. The minimum Gasteiger partial charge on any atom is -0.496 e. The van der Waals surface area contributed by atoms with E-state index in [0.29, 0.717) is 19.6 Å². The fourth-order valence-corrected chi connectivity index (χ4v) is 3.30. The molecule has 138 valence electrons. The Labute approximate surface area is 149 Å². The van der Waals surface area contributed by atoms with Crippen LogP contribution in [0.3, 0.4) is 0 Å². The summed E-state index contributed by atoms with van der Waals surface area (Å²) in [5, 5.41) is 0. The minimum atomic E-state index is -0.317. The van der Waals surface area contributed by atoms with Gasteiger partial charge in [-0.3, -0.25) is 14.5 Å². The number of rotatable bonds is 6. The molecule has 0 aliphatic carbocycles. The number of nitrogens with zero attached hydrogens (tertiary/aromatic N) is 2. The lowest BCUT2D eigenvalue weighted by Gasteiger charge is -2.35. The molecule has 0 unspecified atom stereocenters. The Morgan fingerprint density at radius 3 is 2.80 bits per heavy atom. The van der Waals surface area contributed by atoms with Crippen LogP contribution >= 0.6 is 0 Å². The molecule has 6 heteroatoms. The van der Waals surface area contributed by atoms with E-state index < -0.39 is 0 Å². The quantitative estimate of drug-likeness (QED) is 0.847. The summed E-state index contributed by atoms with van der Waals surface area (Å²) in [6, 6.07) is 5.76. The summed E-state index contributed by atoms with van der Waals surface area (Å²) < 4.78 is 5.42. The van der Waals surface area contributed by atoms with Crippen molar-refractivity contribution in [3.63, 3.8) is 0 Å². The van der Waals surface area contributed by atoms with Gasteiger partial charge in [0.1, 0.15) is 5.75 Å². The van der Waals surface area contributed by atoms with Crippen molar-refractivity contribution in [1.82, 2.24) is 9.80 Å². The number of likely N-dealkylation sites (N-methyl/N-ethyl adjacent to an activating group) is 1. The van der Waals surface area contributed by atoms with Gasteiger partial charge in [0.05, 0.1) is 19.1 Å². The molecule has 6 nitrogen and oxygen atoms in total. The highest BCUT2D eigenvalue weighted by Crippen LogP contribution is 2.23. The first-order valence-corrected chi connectivity index (χ1v) is 8.75. The molecule has 1 aliphatic rings. The van der Waals surface area contributed by atoms with Crippen molar-refractivity contribution in [2.45, 2.75) is 39.3 Å². The molecule has 0 aromatic heterocycles. The van der Waals surface area contributed by atoms with E-state index in [1.807, 2.05) is 37.9 Å². The van der Waals surface area contributed by atoms with Crippen LogP contribution in [0.25, 0.3) is 0 Å². The molecule has 1 aliphatic heterocycles. The van der Waals surface area contributed by atoms with Gasteiger partial charge >= 0.3 is 0 Å². The Morgan fingerprint density at radius 2 is 2.16 bits per heavy atom. The van der Waals surface area contributed by atoms with Gasteiger partial charge in [-0.1, -0.05) is 17.7 Å². The molecule has 0 spiro atoms. The molecular formula is C19H29N3O3. The number of carbonyl (C=O) groups excluding carboxylic acids is 2. The van der Waals surface area contributed by atoms with Gasteiger partial charge < -0.3 is 15.4 Å². The summed E-state index contributed by atoms with van der Waals surface area (Å²) in [7, 11) is 3.58. The summed E-state index contributed by atoms with van der Waals surface area (Å²) in [6.45, 7) is 5.67.